The van der Waals surface area contributed by atoms with Crippen molar-refractivity contribution in [1.29, 1.82) is 0 Å². The fraction of sp³-hybridized carbons (Fsp3) is 0.391. The lowest BCUT2D eigenvalue weighted by Crippen LogP contribution is -2.42. The number of nitrogens with zero attached hydrogens (tertiary/aromatic N) is 1. The molecule has 5 heteroatoms. The van der Waals surface area contributed by atoms with Crippen molar-refractivity contribution in [3.63, 3.8) is 0 Å². The van der Waals surface area contributed by atoms with E-state index in [0.29, 0.717) is 18.7 Å². The summed E-state index contributed by atoms with van der Waals surface area (Å²) in [5.74, 6) is 0.0321. The van der Waals surface area contributed by atoms with Crippen LogP contribution in [0.3, 0.4) is 0 Å². The molecule has 3 rings (SSSR count). The predicted octanol–water partition coefficient (Wildman–Crippen LogP) is 2.96. The quantitative estimate of drug-likeness (QED) is 0.778. The van der Waals surface area contributed by atoms with E-state index in [2.05, 4.69) is 39.8 Å². The molecule has 1 aliphatic heterocycles. The van der Waals surface area contributed by atoms with Crippen molar-refractivity contribution in [2.75, 3.05) is 19.6 Å². The van der Waals surface area contributed by atoms with Crippen molar-refractivity contribution in [1.82, 2.24) is 15.5 Å². The van der Waals surface area contributed by atoms with Crippen LogP contribution in [0.25, 0.3) is 0 Å². The summed E-state index contributed by atoms with van der Waals surface area (Å²) >= 11 is 0. The average molecular weight is 380 g/mol. The summed E-state index contributed by atoms with van der Waals surface area (Å²) in [7, 11) is 0. The molecule has 28 heavy (non-hydrogen) atoms. The lowest BCUT2D eigenvalue weighted by atomic mass is 9.96. The van der Waals surface area contributed by atoms with Crippen molar-refractivity contribution < 1.29 is 9.59 Å². The number of hydrogen-bond acceptors (Lipinski definition) is 3. The van der Waals surface area contributed by atoms with E-state index in [1.54, 1.807) is 6.07 Å². The molecule has 1 unspecified atom stereocenters. The molecule has 0 radical (unpaired) electrons. The zero-order chi connectivity index (χ0) is 19.8. The SMILES string of the molecule is CCNC(=O)c1cccc(CNC(=O)C2CCCN(Cc3ccccc3)C2)c1. The van der Waals surface area contributed by atoms with Crippen molar-refractivity contribution >= 4 is 11.8 Å². The van der Waals surface area contributed by atoms with E-state index in [1.807, 2.05) is 31.2 Å². The first-order valence-corrected chi connectivity index (χ1v) is 10.1. The van der Waals surface area contributed by atoms with Crippen LogP contribution in [0, 0.1) is 5.92 Å². The van der Waals surface area contributed by atoms with E-state index in [0.717, 1.165) is 38.0 Å². The molecule has 1 saturated heterocycles. The minimum atomic E-state index is -0.0838. The van der Waals surface area contributed by atoms with Crippen LogP contribution in [0.1, 0.15) is 41.3 Å². The van der Waals surface area contributed by atoms with E-state index in [-0.39, 0.29) is 17.7 Å². The summed E-state index contributed by atoms with van der Waals surface area (Å²) in [4.78, 5) is 27.0. The maximum Gasteiger partial charge on any atom is 0.251 e. The Kier molecular flexibility index (Phi) is 7.20. The number of nitrogens with one attached hydrogen (secondary N) is 2. The van der Waals surface area contributed by atoms with Crippen LogP contribution < -0.4 is 10.6 Å². The topological polar surface area (TPSA) is 61.4 Å². The van der Waals surface area contributed by atoms with Gasteiger partial charge in [0.2, 0.25) is 5.91 Å². The van der Waals surface area contributed by atoms with Gasteiger partial charge in [-0.3, -0.25) is 14.5 Å². The van der Waals surface area contributed by atoms with Gasteiger partial charge in [0.1, 0.15) is 0 Å². The van der Waals surface area contributed by atoms with Gasteiger partial charge in [0.25, 0.3) is 5.91 Å². The summed E-state index contributed by atoms with van der Waals surface area (Å²) in [6.45, 7) is 5.65. The highest BCUT2D eigenvalue weighted by molar-refractivity contribution is 5.94. The third-order valence-electron chi connectivity index (χ3n) is 5.12. The van der Waals surface area contributed by atoms with E-state index in [4.69, 9.17) is 0 Å². The van der Waals surface area contributed by atoms with Crippen LogP contribution in [0.15, 0.2) is 54.6 Å². The van der Waals surface area contributed by atoms with Crippen LogP contribution in [0.5, 0.6) is 0 Å². The Morgan fingerprint density at radius 2 is 1.82 bits per heavy atom. The summed E-state index contributed by atoms with van der Waals surface area (Å²) < 4.78 is 0. The smallest absolute Gasteiger partial charge is 0.251 e. The molecule has 148 valence electrons. The van der Waals surface area contributed by atoms with Crippen LogP contribution in [0.2, 0.25) is 0 Å². The maximum absolute atomic E-state index is 12.7. The predicted molar refractivity (Wildman–Crippen MR) is 111 cm³/mol. The van der Waals surface area contributed by atoms with Gasteiger partial charge in [-0.1, -0.05) is 42.5 Å². The molecule has 1 atom stereocenters. The molecular formula is C23H29N3O2. The largest absolute Gasteiger partial charge is 0.352 e. The van der Waals surface area contributed by atoms with Gasteiger partial charge in [0.15, 0.2) is 0 Å². The third-order valence-corrected chi connectivity index (χ3v) is 5.12. The number of piperidine rings is 1. The van der Waals surface area contributed by atoms with Gasteiger partial charge >= 0.3 is 0 Å². The number of likely N-dealkylation sites (tertiary alicyclic amines) is 1. The maximum atomic E-state index is 12.7. The zero-order valence-electron chi connectivity index (χ0n) is 16.5. The minimum absolute atomic E-state index is 0.0176. The minimum Gasteiger partial charge on any atom is -0.352 e. The number of amides is 2. The van der Waals surface area contributed by atoms with Gasteiger partial charge in [0, 0.05) is 31.7 Å². The van der Waals surface area contributed by atoms with Crippen LogP contribution in [0.4, 0.5) is 0 Å². The molecule has 1 aliphatic rings. The Labute approximate surface area is 167 Å². The van der Waals surface area contributed by atoms with Crippen LogP contribution in [-0.2, 0) is 17.9 Å². The monoisotopic (exact) mass is 379 g/mol. The van der Waals surface area contributed by atoms with E-state index in [1.165, 1.54) is 5.56 Å². The number of carbonyl (C=O) groups excluding carboxylic acids is 2. The van der Waals surface area contributed by atoms with Gasteiger partial charge in [-0.15, -0.1) is 0 Å². The first-order chi connectivity index (χ1) is 13.7. The fourth-order valence-corrected chi connectivity index (χ4v) is 3.67. The van der Waals surface area contributed by atoms with Gasteiger partial charge < -0.3 is 10.6 Å². The second-order valence-corrected chi connectivity index (χ2v) is 7.34. The fourth-order valence-electron chi connectivity index (χ4n) is 3.67. The highest BCUT2D eigenvalue weighted by atomic mass is 16.2. The summed E-state index contributed by atoms with van der Waals surface area (Å²) in [6.07, 6.45) is 1.97. The van der Waals surface area contributed by atoms with Gasteiger partial charge in [-0.2, -0.15) is 0 Å². The van der Waals surface area contributed by atoms with Crippen molar-refractivity contribution in [3.05, 3.63) is 71.3 Å². The molecule has 2 aromatic carbocycles. The van der Waals surface area contributed by atoms with E-state index < -0.39 is 0 Å². The molecular weight excluding hydrogens is 350 g/mol. The third kappa shape index (κ3) is 5.67. The summed E-state index contributed by atoms with van der Waals surface area (Å²) in [5.41, 5.74) is 2.85. The molecule has 0 aromatic heterocycles. The Balaban J connectivity index is 1.52. The Bertz CT molecular complexity index is 791. The zero-order valence-corrected chi connectivity index (χ0v) is 16.5. The molecule has 2 amide bonds. The van der Waals surface area contributed by atoms with Crippen LogP contribution in [-0.4, -0.2) is 36.3 Å². The molecule has 1 heterocycles. The second-order valence-electron chi connectivity index (χ2n) is 7.34. The highest BCUT2D eigenvalue weighted by Gasteiger charge is 2.25. The molecule has 2 aromatic rings. The van der Waals surface area contributed by atoms with E-state index in [9.17, 15) is 9.59 Å². The first kappa shape index (κ1) is 20.1. The van der Waals surface area contributed by atoms with Gasteiger partial charge in [0.05, 0.1) is 5.92 Å². The lowest BCUT2D eigenvalue weighted by Gasteiger charge is -2.32. The Morgan fingerprint density at radius 1 is 1.04 bits per heavy atom. The average Bonchev–Trinajstić information content (AvgIpc) is 2.73. The van der Waals surface area contributed by atoms with Gasteiger partial charge in [-0.25, -0.2) is 0 Å². The summed E-state index contributed by atoms with van der Waals surface area (Å²) in [6, 6.07) is 17.8. The number of benzene rings is 2. The normalized spacial score (nSPS) is 17.1. The number of rotatable bonds is 7. The van der Waals surface area contributed by atoms with Gasteiger partial charge in [-0.05, 0) is 49.6 Å². The highest BCUT2D eigenvalue weighted by Crippen LogP contribution is 2.19. The number of hydrogen-bond donors (Lipinski definition) is 2. The van der Waals surface area contributed by atoms with Crippen LogP contribution >= 0.6 is 0 Å². The standard InChI is InChI=1S/C23H29N3O2/c1-2-24-22(27)20-11-6-10-19(14-20)15-25-23(28)21-12-7-13-26(17-21)16-18-8-4-3-5-9-18/h3-6,8-11,14,21H,2,7,12-13,15-17H2,1H3,(H,24,27)(H,25,28). The molecule has 1 fully saturated rings. The van der Waals surface area contributed by atoms with E-state index >= 15 is 0 Å². The van der Waals surface area contributed by atoms with Crippen molar-refractivity contribution in [3.8, 4) is 0 Å². The molecule has 0 aliphatic carbocycles. The Morgan fingerprint density at radius 3 is 2.61 bits per heavy atom. The Hall–Kier alpha value is -2.66. The molecule has 0 saturated carbocycles. The molecule has 0 bridgehead atoms. The molecule has 0 spiro atoms. The van der Waals surface area contributed by atoms with Crippen molar-refractivity contribution in [2.24, 2.45) is 5.92 Å². The first-order valence-electron chi connectivity index (χ1n) is 10.1. The van der Waals surface area contributed by atoms with Crippen molar-refractivity contribution in [2.45, 2.75) is 32.9 Å². The number of carbonyl (C=O) groups is 2. The lowest BCUT2D eigenvalue weighted by molar-refractivity contribution is -0.126. The molecule has 5 nitrogen and oxygen atoms in total. The summed E-state index contributed by atoms with van der Waals surface area (Å²) in [5, 5.41) is 5.85. The molecule has 2 N–H and O–H groups in total. The second kappa shape index (κ2) is 10.0.